The molecule has 0 radical (unpaired) electrons. The lowest BCUT2D eigenvalue weighted by Gasteiger charge is -2.31. The minimum Gasteiger partial charge on any atom is -0.336 e. The van der Waals surface area contributed by atoms with Crippen LogP contribution in [0.2, 0.25) is 0 Å². The maximum absolute atomic E-state index is 13.3. The molecule has 1 fully saturated rings. The van der Waals surface area contributed by atoms with E-state index < -0.39 is 0 Å². The zero-order valence-electron chi connectivity index (χ0n) is 19.6. The molecule has 2 amide bonds. The van der Waals surface area contributed by atoms with E-state index in [2.05, 4.69) is 0 Å². The van der Waals surface area contributed by atoms with E-state index in [0.29, 0.717) is 13.0 Å². The molecule has 1 saturated heterocycles. The van der Waals surface area contributed by atoms with E-state index in [1.54, 1.807) is 0 Å². The van der Waals surface area contributed by atoms with E-state index in [1.165, 1.54) is 0 Å². The Hall–Kier alpha value is -3.15. The summed E-state index contributed by atoms with van der Waals surface area (Å²) in [5.41, 5.74) is 3.82. The van der Waals surface area contributed by atoms with Gasteiger partial charge in [-0.15, -0.1) is 0 Å². The number of aryl methyl sites for hydroxylation is 1. The predicted octanol–water partition coefficient (Wildman–Crippen LogP) is 4.51. The fraction of sp³-hybridized carbons (Fsp3) is 0.423. The van der Waals surface area contributed by atoms with Crippen molar-refractivity contribution < 1.29 is 9.59 Å². The first-order valence-electron chi connectivity index (χ1n) is 11.4. The number of fused-ring (bicyclic) bond motifs is 1. The van der Waals surface area contributed by atoms with Gasteiger partial charge in [-0.2, -0.15) is 0 Å². The lowest BCUT2D eigenvalue weighted by Crippen LogP contribution is -2.44. The maximum atomic E-state index is 13.3. The molecule has 1 aliphatic rings. The van der Waals surface area contributed by atoms with Crippen molar-refractivity contribution in [2.45, 2.75) is 65.6 Å². The maximum Gasteiger partial charge on any atom is 0.243 e. The lowest BCUT2D eigenvalue weighted by atomic mass is 10.1. The quantitative estimate of drug-likeness (QED) is 0.576. The summed E-state index contributed by atoms with van der Waals surface area (Å²) in [7, 11) is 0. The highest BCUT2D eigenvalue weighted by Gasteiger charge is 2.36. The number of anilines is 1. The minimum atomic E-state index is -0.0612. The summed E-state index contributed by atoms with van der Waals surface area (Å²) < 4.78 is 2.02. The van der Waals surface area contributed by atoms with E-state index in [0.717, 1.165) is 28.1 Å². The first-order chi connectivity index (χ1) is 15.3. The second-order valence-electron chi connectivity index (χ2n) is 9.23. The van der Waals surface area contributed by atoms with Crippen LogP contribution in [0.15, 0.2) is 48.5 Å². The Labute approximate surface area is 189 Å². The van der Waals surface area contributed by atoms with Crippen molar-refractivity contribution in [3.8, 4) is 0 Å². The molecule has 0 saturated carbocycles. The molecule has 1 aromatic heterocycles. The molecule has 6 heteroatoms. The summed E-state index contributed by atoms with van der Waals surface area (Å²) in [6.45, 7) is 11.0. The average Bonchev–Trinajstić information content (AvgIpc) is 3.28. The van der Waals surface area contributed by atoms with Crippen molar-refractivity contribution >= 4 is 28.5 Å². The normalized spacial score (nSPS) is 16.5. The molecule has 0 spiro atoms. The van der Waals surface area contributed by atoms with Gasteiger partial charge < -0.3 is 14.4 Å². The van der Waals surface area contributed by atoms with Gasteiger partial charge in [0, 0.05) is 36.7 Å². The lowest BCUT2D eigenvalue weighted by molar-refractivity contribution is -0.135. The van der Waals surface area contributed by atoms with E-state index in [4.69, 9.17) is 4.98 Å². The number of hydrogen-bond donors (Lipinski definition) is 0. The van der Waals surface area contributed by atoms with E-state index >= 15 is 0 Å². The second-order valence-corrected chi connectivity index (χ2v) is 9.23. The molecule has 32 heavy (non-hydrogen) atoms. The zero-order chi connectivity index (χ0) is 23.0. The van der Waals surface area contributed by atoms with Crippen molar-refractivity contribution in [2.75, 3.05) is 11.4 Å². The van der Waals surface area contributed by atoms with E-state index in [9.17, 15) is 9.59 Å². The molecular weight excluding hydrogens is 400 g/mol. The molecule has 1 atom stereocenters. The van der Waals surface area contributed by atoms with Gasteiger partial charge in [0.25, 0.3) is 0 Å². The van der Waals surface area contributed by atoms with Gasteiger partial charge in [-0.1, -0.05) is 30.3 Å². The summed E-state index contributed by atoms with van der Waals surface area (Å²) in [4.78, 5) is 34.9. The van der Waals surface area contributed by atoms with Crippen molar-refractivity contribution in [1.29, 1.82) is 0 Å². The number of hydrogen-bond acceptors (Lipinski definition) is 3. The molecule has 2 aromatic carbocycles. The van der Waals surface area contributed by atoms with Gasteiger partial charge in [0.2, 0.25) is 11.8 Å². The first-order valence-corrected chi connectivity index (χ1v) is 11.4. The number of carbonyl (C=O) groups excluding carboxylic acids is 2. The SMILES string of the molecule is Cc1ccccc1N1C[C@@H](c2nc3ccccc3n2CC(=O)N(C(C)C)C(C)C)CC1=O. The molecule has 4 rings (SSSR count). The second kappa shape index (κ2) is 8.77. The van der Waals surface area contributed by atoms with Gasteiger partial charge in [0.1, 0.15) is 12.4 Å². The molecule has 0 aliphatic carbocycles. The van der Waals surface area contributed by atoms with Crippen LogP contribution < -0.4 is 4.90 Å². The monoisotopic (exact) mass is 432 g/mol. The van der Waals surface area contributed by atoms with Crippen LogP contribution in [0.5, 0.6) is 0 Å². The van der Waals surface area contributed by atoms with Gasteiger partial charge in [-0.25, -0.2) is 4.98 Å². The average molecular weight is 433 g/mol. The molecule has 6 nitrogen and oxygen atoms in total. The Kier molecular flexibility index (Phi) is 6.04. The van der Waals surface area contributed by atoms with Crippen LogP contribution in [-0.4, -0.2) is 44.9 Å². The van der Waals surface area contributed by atoms with Crippen LogP contribution in [0, 0.1) is 6.92 Å². The zero-order valence-corrected chi connectivity index (χ0v) is 19.6. The number of rotatable bonds is 6. The smallest absolute Gasteiger partial charge is 0.243 e. The van der Waals surface area contributed by atoms with Crippen LogP contribution in [0.4, 0.5) is 5.69 Å². The fourth-order valence-corrected chi connectivity index (χ4v) is 4.94. The molecule has 1 aliphatic heterocycles. The molecule has 0 bridgehead atoms. The topological polar surface area (TPSA) is 58.4 Å². The number of benzene rings is 2. The van der Waals surface area contributed by atoms with Crippen molar-refractivity contribution in [3.05, 3.63) is 59.9 Å². The van der Waals surface area contributed by atoms with Gasteiger partial charge in [0.05, 0.1) is 11.0 Å². The van der Waals surface area contributed by atoms with Crippen molar-refractivity contribution in [3.63, 3.8) is 0 Å². The third kappa shape index (κ3) is 4.01. The predicted molar refractivity (Wildman–Crippen MR) is 128 cm³/mol. The summed E-state index contributed by atoms with van der Waals surface area (Å²) in [6, 6.07) is 16.1. The van der Waals surface area contributed by atoms with Crippen LogP contribution in [0.25, 0.3) is 11.0 Å². The third-order valence-electron chi connectivity index (χ3n) is 6.27. The summed E-state index contributed by atoms with van der Waals surface area (Å²) in [5, 5.41) is 0. The van der Waals surface area contributed by atoms with Gasteiger partial charge in [0.15, 0.2) is 0 Å². The molecule has 2 heterocycles. The number of amides is 2. The van der Waals surface area contributed by atoms with Gasteiger partial charge in [-0.05, 0) is 58.4 Å². The summed E-state index contributed by atoms with van der Waals surface area (Å²) in [6.07, 6.45) is 0.393. The van der Waals surface area contributed by atoms with Crippen LogP contribution >= 0.6 is 0 Å². The van der Waals surface area contributed by atoms with Crippen LogP contribution in [0.3, 0.4) is 0 Å². The van der Waals surface area contributed by atoms with Crippen LogP contribution in [0.1, 0.15) is 51.4 Å². The summed E-state index contributed by atoms with van der Waals surface area (Å²) in [5.74, 6) is 0.921. The standard InChI is InChI=1S/C26H32N4O2/c1-17(2)30(18(3)4)25(32)16-29-23-13-9-7-11-21(23)27-26(29)20-14-24(31)28(15-20)22-12-8-6-10-19(22)5/h6-13,17-18,20H,14-16H2,1-5H3/t20-/m0/s1. The number of imidazole rings is 1. The fourth-order valence-electron chi connectivity index (χ4n) is 4.94. The van der Waals surface area contributed by atoms with Crippen molar-refractivity contribution in [2.24, 2.45) is 0 Å². The highest BCUT2D eigenvalue weighted by molar-refractivity contribution is 5.97. The highest BCUT2D eigenvalue weighted by Crippen LogP contribution is 2.34. The largest absolute Gasteiger partial charge is 0.336 e. The van der Waals surface area contributed by atoms with E-state index in [1.807, 2.05) is 97.5 Å². The molecule has 168 valence electrons. The Morgan fingerprint density at radius 3 is 2.41 bits per heavy atom. The minimum absolute atomic E-state index is 0.0612. The Bertz CT molecular complexity index is 1140. The molecule has 0 N–H and O–H groups in total. The number of nitrogens with zero attached hydrogens (tertiary/aromatic N) is 4. The Morgan fingerprint density at radius 1 is 1.06 bits per heavy atom. The first kappa shape index (κ1) is 22.1. The number of para-hydroxylation sites is 3. The number of aromatic nitrogens is 2. The van der Waals surface area contributed by atoms with Crippen molar-refractivity contribution in [1.82, 2.24) is 14.5 Å². The molecular formula is C26H32N4O2. The Balaban J connectivity index is 1.70. The number of carbonyl (C=O) groups is 2. The van der Waals surface area contributed by atoms with E-state index in [-0.39, 0.29) is 36.4 Å². The van der Waals surface area contributed by atoms with Gasteiger partial charge in [-0.3, -0.25) is 9.59 Å². The summed E-state index contributed by atoms with van der Waals surface area (Å²) >= 11 is 0. The van der Waals surface area contributed by atoms with Crippen LogP contribution in [-0.2, 0) is 16.1 Å². The van der Waals surface area contributed by atoms with Gasteiger partial charge >= 0.3 is 0 Å². The third-order valence-corrected chi connectivity index (χ3v) is 6.27. The molecule has 3 aromatic rings. The highest BCUT2D eigenvalue weighted by atomic mass is 16.2. The molecule has 0 unspecified atom stereocenters. The Morgan fingerprint density at radius 2 is 1.72 bits per heavy atom.